The summed E-state index contributed by atoms with van der Waals surface area (Å²) in [7, 11) is 0. The van der Waals surface area contributed by atoms with Crippen molar-refractivity contribution in [3.63, 3.8) is 0 Å². The van der Waals surface area contributed by atoms with E-state index in [4.69, 9.17) is 16.3 Å². The minimum Gasteiger partial charge on any atom is -0.375 e. The van der Waals surface area contributed by atoms with Crippen LogP contribution in [0.5, 0.6) is 0 Å². The average molecular weight is 335 g/mol. The second kappa shape index (κ2) is 8.26. The number of ether oxygens (including phenoxy) is 1. The standard InChI is InChI=1S/C16H15ClN2O4/c17-14-3-1-2-12(10-14)11-23-9-8-18-16(20)13-4-6-15(7-5-13)19(21)22/h1-7,10H,8-9,11H2,(H,18,20). The third-order valence-electron chi connectivity index (χ3n) is 3.03. The van der Waals surface area contributed by atoms with Crippen LogP contribution in [-0.2, 0) is 11.3 Å². The van der Waals surface area contributed by atoms with Gasteiger partial charge in [0.1, 0.15) is 0 Å². The summed E-state index contributed by atoms with van der Waals surface area (Å²) in [5, 5.41) is 13.9. The molecule has 0 aliphatic carbocycles. The number of carbonyl (C=O) groups is 1. The number of hydrogen-bond donors (Lipinski definition) is 1. The third kappa shape index (κ3) is 5.36. The maximum Gasteiger partial charge on any atom is 0.269 e. The number of halogens is 1. The molecular formula is C16H15ClN2O4. The van der Waals surface area contributed by atoms with Gasteiger partial charge >= 0.3 is 0 Å². The lowest BCUT2D eigenvalue weighted by atomic mass is 10.2. The minimum atomic E-state index is -0.509. The zero-order chi connectivity index (χ0) is 16.7. The molecule has 1 amide bonds. The maximum absolute atomic E-state index is 11.8. The molecule has 0 radical (unpaired) electrons. The van der Waals surface area contributed by atoms with Gasteiger partial charge in [-0.2, -0.15) is 0 Å². The van der Waals surface area contributed by atoms with E-state index in [-0.39, 0.29) is 11.6 Å². The number of benzene rings is 2. The van der Waals surface area contributed by atoms with Crippen LogP contribution >= 0.6 is 11.6 Å². The summed E-state index contributed by atoms with van der Waals surface area (Å²) >= 11 is 5.87. The van der Waals surface area contributed by atoms with Gasteiger partial charge < -0.3 is 10.1 Å². The number of hydrogen-bond acceptors (Lipinski definition) is 4. The summed E-state index contributed by atoms with van der Waals surface area (Å²) in [5.41, 5.74) is 1.27. The molecule has 6 nitrogen and oxygen atoms in total. The highest BCUT2D eigenvalue weighted by atomic mass is 35.5. The molecule has 0 saturated carbocycles. The van der Waals surface area contributed by atoms with Gasteiger partial charge in [0.05, 0.1) is 18.1 Å². The first-order valence-corrected chi connectivity index (χ1v) is 7.29. The van der Waals surface area contributed by atoms with E-state index in [1.54, 1.807) is 6.07 Å². The molecule has 0 unspecified atom stereocenters. The van der Waals surface area contributed by atoms with Gasteiger partial charge in [-0.25, -0.2) is 0 Å². The Morgan fingerprint density at radius 3 is 2.61 bits per heavy atom. The largest absolute Gasteiger partial charge is 0.375 e. The summed E-state index contributed by atoms with van der Waals surface area (Å²) in [5.74, 6) is -0.300. The first-order valence-electron chi connectivity index (χ1n) is 6.91. The normalized spacial score (nSPS) is 10.3. The molecule has 0 atom stereocenters. The van der Waals surface area contributed by atoms with E-state index in [2.05, 4.69) is 5.32 Å². The van der Waals surface area contributed by atoms with Crippen molar-refractivity contribution in [1.29, 1.82) is 0 Å². The SMILES string of the molecule is O=C(NCCOCc1cccc(Cl)c1)c1ccc([N+](=O)[O-])cc1. The topological polar surface area (TPSA) is 81.5 Å². The van der Waals surface area contributed by atoms with Gasteiger partial charge in [0.15, 0.2) is 0 Å². The van der Waals surface area contributed by atoms with Gasteiger partial charge in [0.2, 0.25) is 0 Å². The van der Waals surface area contributed by atoms with Gasteiger partial charge in [0.25, 0.3) is 11.6 Å². The molecule has 7 heteroatoms. The fraction of sp³-hybridized carbons (Fsp3) is 0.188. The van der Waals surface area contributed by atoms with Crippen LogP contribution in [0.2, 0.25) is 5.02 Å². The highest BCUT2D eigenvalue weighted by molar-refractivity contribution is 6.30. The van der Waals surface area contributed by atoms with Crippen molar-refractivity contribution in [2.75, 3.05) is 13.2 Å². The van der Waals surface area contributed by atoms with E-state index in [1.807, 2.05) is 18.2 Å². The fourth-order valence-electron chi connectivity index (χ4n) is 1.89. The number of rotatable bonds is 7. The van der Waals surface area contributed by atoms with Crippen LogP contribution in [0.15, 0.2) is 48.5 Å². The molecule has 0 aliphatic heterocycles. The predicted molar refractivity (Wildman–Crippen MR) is 86.5 cm³/mol. The van der Waals surface area contributed by atoms with Crippen molar-refractivity contribution in [2.45, 2.75) is 6.61 Å². The number of carbonyl (C=O) groups excluding carboxylic acids is 1. The van der Waals surface area contributed by atoms with Crippen LogP contribution in [0.3, 0.4) is 0 Å². The highest BCUT2D eigenvalue weighted by Gasteiger charge is 2.08. The molecule has 120 valence electrons. The van der Waals surface area contributed by atoms with Crippen LogP contribution in [0.4, 0.5) is 5.69 Å². The third-order valence-corrected chi connectivity index (χ3v) is 3.27. The van der Waals surface area contributed by atoms with Crippen molar-refractivity contribution in [3.8, 4) is 0 Å². The number of non-ortho nitro benzene ring substituents is 1. The van der Waals surface area contributed by atoms with Gasteiger partial charge in [-0.3, -0.25) is 14.9 Å². The molecule has 0 saturated heterocycles. The van der Waals surface area contributed by atoms with E-state index < -0.39 is 4.92 Å². The van der Waals surface area contributed by atoms with Gasteiger partial charge in [-0.15, -0.1) is 0 Å². The Bertz CT molecular complexity index is 689. The van der Waals surface area contributed by atoms with E-state index in [0.29, 0.717) is 30.3 Å². The first-order chi connectivity index (χ1) is 11.1. The lowest BCUT2D eigenvalue weighted by molar-refractivity contribution is -0.384. The Balaban J connectivity index is 1.71. The molecular weight excluding hydrogens is 320 g/mol. The maximum atomic E-state index is 11.8. The van der Waals surface area contributed by atoms with Crippen LogP contribution in [0.1, 0.15) is 15.9 Å². The smallest absolute Gasteiger partial charge is 0.269 e. The van der Waals surface area contributed by atoms with Crippen LogP contribution in [-0.4, -0.2) is 24.0 Å². The Morgan fingerprint density at radius 1 is 1.22 bits per heavy atom. The summed E-state index contributed by atoms with van der Waals surface area (Å²) in [4.78, 5) is 21.9. The molecule has 0 aliphatic rings. The summed E-state index contributed by atoms with van der Waals surface area (Å²) < 4.78 is 5.45. The van der Waals surface area contributed by atoms with E-state index >= 15 is 0 Å². The van der Waals surface area contributed by atoms with Crippen molar-refractivity contribution < 1.29 is 14.5 Å². The summed E-state index contributed by atoms with van der Waals surface area (Å²) in [6, 6.07) is 12.8. The highest BCUT2D eigenvalue weighted by Crippen LogP contribution is 2.12. The summed E-state index contributed by atoms with van der Waals surface area (Å²) in [6.07, 6.45) is 0. The predicted octanol–water partition coefficient (Wildman–Crippen LogP) is 3.19. The summed E-state index contributed by atoms with van der Waals surface area (Å²) in [6.45, 7) is 1.11. The van der Waals surface area contributed by atoms with E-state index in [9.17, 15) is 14.9 Å². The number of nitro groups is 1. The average Bonchev–Trinajstić information content (AvgIpc) is 2.54. The monoisotopic (exact) mass is 334 g/mol. The van der Waals surface area contributed by atoms with Crippen LogP contribution < -0.4 is 5.32 Å². The minimum absolute atomic E-state index is 0.0496. The Hall–Kier alpha value is -2.44. The van der Waals surface area contributed by atoms with Gasteiger partial charge in [0, 0.05) is 29.3 Å². The van der Waals surface area contributed by atoms with E-state index in [0.717, 1.165) is 5.56 Å². The number of nitrogens with one attached hydrogen (secondary N) is 1. The lowest BCUT2D eigenvalue weighted by Gasteiger charge is -2.07. The quantitative estimate of drug-likeness (QED) is 0.479. The second-order valence-electron chi connectivity index (χ2n) is 4.74. The van der Waals surface area contributed by atoms with Gasteiger partial charge in [-0.05, 0) is 29.8 Å². The van der Waals surface area contributed by atoms with E-state index in [1.165, 1.54) is 24.3 Å². The molecule has 0 fully saturated rings. The van der Waals surface area contributed by atoms with Crippen LogP contribution in [0.25, 0.3) is 0 Å². The number of nitrogens with zero attached hydrogens (tertiary/aromatic N) is 1. The second-order valence-corrected chi connectivity index (χ2v) is 5.18. The van der Waals surface area contributed by atoms with Crippen molar-refractivity contribution in [3.05, 3.63) is 74.8 Å². The molecule has 2 aromatic rings. The molecule has 0 spiro atoms. The van der Waals surface area contributed by atoms with Crippen molar-refractivity contribution >= 4 is 23.2 Å². The van der Waals surface area contributed by atoms with Gasteiger partial charge in [-0.1, -0.05) is 23.7 Å². The lowest BCUT2D eigenvalue weighted by Crippen LogP contribution is -2.27. The molecule has 0 aromatic heterocycles. The fourth-order valence-corrected chi connectivity index (χ4v) is 2.10. The first kappa shape index (κ1) is 16.9. The molecule has 0 bridgehead atoms. The number of amides is 1. The number of nitro benzene ring substituents is 1. The van der Waals surface area contributed by atoms with Crippen molar-refractivity contribution in [2.24, 2.45) is 0 Å². The Labute approximate surface area is 138 Å². The Kier molecular flexibility index (Phi) is 6.08. The Morgan fingerprint density at radius 2 is 1.96 bits per heavy atom. The zero-order valence-electron chi connectivity index (χ0n) is 12.2. The zero-order valence-corrected chi connectivity index (χ0v) is 13.0. The molecule has 0 heterocycles. The molecule has 1 N–H and O–H groups in total. The molecule has 2 aromatic carbocycles. The molecule has 23 heavy (non-hydrogen) atoms. The van der Waals surface area contributed by atoms with Crippen LogP contribution in [0, 0.1) is 10.1 Å². The van der Waals surface area contributed by atoms with Crippen molar-refractivity contribution in [1.82, 2.24) is 5.32 Å². The molecule has 2 rings (SSSR count).